The fourth-order valence-corrected chi connectivity index (χ4v) is 4.28. The van der Waals surface area contributed by atoms with E-state index in [0.717, 1.165) is 24.8 Å². The molecule has 5 atom stereocenters. The van der Waals surface area contributed by atoms with E-state index >= 15 is 0 Å². The second-order valence-electron chi connectivity index (χ2n) is 6.27. The Labute approximate surface area is 119 Å². The van der Waals surface area contributed by atoms with E-state index in [2.05, 4.69) is 17.5 Å². The highest BCUT2D eigenvalue weighted by molar-refractivity contribution is 5.86. The first-order valence-corrected chi connectivity index (χ1v) is 7.52. The summed E-state index contributed by atoms with van der Waals surface area (Å²) in [6.07, 6.45) is 7.89. The van der Waals surface area contributed by atoms with Gasteiger partial charge in [-0.1, -0.05) is 25.2 Å². The molecule has 2 fully saturated rings. The maximum atomic E-state index is 12.3. The zero-order valence-corrected chi connectivity index (χ0v) is 12.3. The molecule has 110 valence electrons. The second kappa shape index (κ2) is 4.43. The number of amides is 1. The Kier molecular flexibility index (Phi) is 3.07. The molecule has 0 bridgehead atoms. The Morgan fingerprint density at radius 2 is 2.30 bits per heavy atom. The summed E-state index contributed by atoms with van der Waals surface area (Å²) >= 11 is 0. The number of fused-ring (bicyclic) bond motifs is 1. The molecule has 3 aliphatic rings. The molecule has 2 aliphatic heterocycles. The number of carbonyl (C=O) groups excluding carboxylic acids is 1. The molecule has 2 saturated heterocycles. The summed E-state index contributed by atoms with van der Waals surface area (Å²) in [5, 5.41) is 14.0. The molecule has 2 N–H and O–H groups in total. The average Bonchev–Trinajstić information content (AvgIpc) is 2.62. The fraction of sp³-hybridized carbons (Fsp3) is 0.688. The summed E-state index contributed by atoms with van der Waals surface area (Å²) < 4.78 is 5.95. The topological polar surface area (TPSA) is 58.6 Å². The van der Waals surface area contributed by atoms with Gasteiger partial charge in [-0.2, -0.15) is 0 Å². The molecule has 0 aromatic carbocycles. The molecule has 20 heavy (non-hydrogen) atoms. The van der Waals surface area contributed by atoms with E-state index in [1.807, 2.05) is 26.8 Å². The van der Waals surface area contributed by atoms with Gasteiger partial charge in [-0.15, -0.1) is 0 Å². The van der Waals surface area contributed by atoms with Crippen molar-refractivity contribution >= 4 is 5.91 Å². The number of hydrogen-bond donors (Lipinski definition) is 2. The number of allylic oxidation sites excluding steroid dienone is 2. The van der Waals surface area contributed by atoms with E-state index in [4.69, 9.17) is 4.74 Å². The monoisotopic (exact) mass is 277 g/mol. The highest BCUT2D eigenvalue weighted by Gasteiger charge is 2.75. The highest BCUT2D eigenvalue weighted by atomic mass is 16.6. The first-order valence-electron chi connectivity index (χ1n) is 7.52. The van der Waals surface area contributed by atoms with Crippen LogP contribution in [0.2, 0.25) is 0 Å². The van der Waals surface area contributed by atoms with E-state index in [-0.39, 0.29) is 17.9 Å². The van der Waals surface area contributed by atoms with Gasteiger partial charge >= 0.3 is 0 Å². The lowest BCUT2D eigenvalue weighted by atomic mass is 9.63. The molecule has 0 aromatic rings. The fourth-order valence-electron chi connectivity index (χ4n) is 4.28. The summed E-state index contributed by atoms with van der Waals surface area (Å²) in [6, 6.07) is 0. The quantitative estimate of drug-likeness (QED) is 0.825. The maximum Gasteiger partial charge on any atom is 0.226 e. The summed E-state index contributed by atoms with van der Waals surface area (Å²) in [5.74, 6) is -0.194. The normalized spacial score (nSPS) is 44.4. The molecule has 0 spiro atoms. The number of hydrogen-bond acceptors (Lipinski definition) is 3. The highest BCUT2D eigenvalue weighted by Crippen LogP contribution is 2.55. The minimum absolute atomic E-state index is 0.00112. The lowest BCUT2D eigenvalue weighted by molar-refractivity contribution is -0.287. The molecule has 0 aromatic heterocycles. The molecule has 0 saturated carbocycles. The van der Waals surface area contributed by atoms with Crippen molar-refractivity contribution in [3.05, 3.63) is 23.8 Å². The van der Waals surface area contributed by atoms with Crippen LogP contribution in [0.3, 0.4) is 0 Å². The number of ether oxygens (including phenoxy) is 1. The van der Waals surface area contributed by atoms with Crippen LogP contribution in [0.25, 0.3) is 0 Å². The smallest absolute Gasteiger partial charge is 0.226 e. The summed E-state index contributed by atoms with van der Waals surface area (Å²) in [4.78, 5) is 12.3. The van der Waals surface area contributed by atoms with E-state index in [1.54, 1.807) is 0 Å². The van der Waals surface area contributed by atoms with Crippen LogP contribution in [0, 0.1) is 5.92 Å². The third kappa shape index (κ3) is 1.46. The van der Waals surface area contributed by atoms with Crippen molar-refractivity contribution in [3.63, 3.8) is 0 Å². The van der Waals surface area contributed by atoms with Crippen LogP contribution < -0.4 is 5.32 Å². The number of aliphatic hydroxyl groups excluding tert-OH is 1. The Hall–Kier alpha value is -1.13. The molecule has 2 unspecified atom stereocenters. The largest absolute Gasteiger partial charge is 0.386 e. The summed E-state index contributed by atoms with van der Waals surface area (Å²) in [6.45, 7) is 5.87. The van der Waals surface area contributed by atoms with E-state index < -0.39 is 17.2 Å². The molecule has 4 nitrogen and oxygen atoms in total. The van der Waals surface area contributed by atoms with Crippen molar-refractivity contribution in [1.82, 2.24) is 5.32 Å². The number of nitrogens with one attached hydrogen (secondary N) is 1. The molecule has 4 heteroatoms. The van der Waals surface area contributed by atoms with Gasteiger partial charge in [-0.05, 0) is 38.7 Å². The zero-order chi connectivity index (χ0) is 14.5. The van der Waals surface area contributed by atoms with Gasteiger partial charge in [-0.3, -0.25) is 4.79 Å². The molecule has 2 heterocycles. The van der Waals surface area contributed by atoms with Crippen LogP contribution in [-0.4, -0.2) is 34.4 Å². The Morgan fingerprint density at radius 3 is 2.85 bits per heavy atom. The van der Waals surface area contributed by atoms with Crippen molar-refractivity contribution in [2.24, 2.45) is 5.92 Å². The molecule has 1 aliphatic carbocycles. The minimum Gasteiger partial charge on any atom is -0.386 e. The number of carbonyl (C=O) groups is 1. The number of rotatable bonds is 3. The predicted octanol–water partition coefficient (Wildman–Crippen LogP) is 1.70. The molecular weight excluding hydrogens is 254 g/mol. The van der Waals surface area contributed by atoms with Crippen LogP contribution in [0.1, 0.15) is 40.0 Å². The van der Waals surface area contributed by atoms with Crippen molar-refractivity contribution < 1.29 is 14.6 Å². The standard InChI is InChI=1S/C16H23NO3/c1-4-12-14(19)17-16(10(2)20-15(12,16)3)13(18)11-8-6-5-7-9-11/h6,8-10,12-13,18H,4-5,7H2,1-3H3,(H,17,19)/t10?,12-,13?,15-,16+/m0/s1. The lowest BCUT2D eigenvalue weighted by Crippen LogP contribution is -2.80. The second-order valence-corrected chi connectivity index (χ2v) is 6.27. The third-order valence-electron chi connectivity index (χ3n) is 5.37. The Bertz CT molecular complexity index is 498. The van der Waals surface area contributed by atoms with Gasteiger partial charge in [0.05, 0.1) is 12.0 Å². The van der Waals surface area contributed by atoms with Gasteiger partial charge < -0.3 is 15.2 Å². The Morgan fingerprint density at radius 1 is 1.55 bits per heavy atom. The average molecular weight is 277 g/mol. The molecular formula is C16H23NO3. The molecule has 1 amide bonds. The van der Waals surface area contributed by atoms with Crippen LogP contribution in [-0.2, 0) is 9.53 Å². The predicted molar refractivity (Wildman–Crippen MR) is 76.1 cm³/mol. The van der Waals surface area contributed by atoms with E-state index in [1.165, 1.54) is 0 Å². The van der Waals surface area contributed by atoms with Crippen molar-refractivity contribution in [2.45, 2.75) is 63.4 Å². The van der Waals surface area contributed by atoms with E-state index in [9.17, 15) is 9.90 Å². The number of aliphatic hydroxyl groups is 1. The SMILES string of the molecule is CC[C@H]1C(=O)N[C@@]2(C(O)C3=CCCC=C3)C(C)O[C@@]12C. The zero-order valence-electron chi connectivity index (χ0n) is 12.3. The van der Waals surface area contributed by atoms with Crippen molar-refractivity contribution in [2.75, 3.05) is 0 Å². The van der Waals surface area contributed by atoms with Gasteiger partial charge in [-0.25, -0.2) is 0 Å². The maximum absolute atomic E-state index is 12.3. The van der Waals surface area contributed by atoms with Gasteiger partial charge in [0.15, 0.2) is 0 Å². The minimum atomic E-state index is -0.715. The molecule has 3 rings (SSSR count). The Balaban J connectivity index is 1.99. The van der Waals surface area contributed by atoms with Crippen molar-refractivity contribution in [1.29, 1.82) is 0 Å². The van der Waals surface area contributed by atoms with Crippen LogP contribution in [0.4, 0.5) is 0 Å². The first-order chi connectivity index (χ1) is 9.47. The van der Waals surface area contributed by atoms with Gasteiger partial charge in [0.25, 0.3) is 0 Å². The van der Waals surface area contributed by atoms with Crippen molar-refractivity contribution in [3.8, 4) is 0 Å². The van der Waals surface area contributed by atoms with Crippen LogP contribution in [0.5, 0.6) is 0 Å². The van der Waals surface area contributed by atoms with Gasteiger partial charge in [0.1, 0.15) is 17.2 Å². The summed E-state index contributed by atoms with van der Waals surface area (Å²) in [5.41, 5.74) is -0.420. The van der Waals surface area contributed by atoms with Gasteiger partial charge in [0.2, 0.25) is 5.91 Å². The lowest BCUT2D eigenvalue weighted by Gasteiger charge is -2.60. The van der Waals surface area contributed by atoms with Crippen LogP contribution in [0.15, 0.2) is 23.8 Å². The van der Waals surface area contributed by atoms with Gasteiger partial charge in [0, 0.05) is 0 Å². The summed E-state index contributed by atoms with van der Waals surface area (Å²) in [7, 11) is 0. The van der Waals surface area contributed by atoms with E-state index in [0.29, 0.717) is 0 Å². The first kappa shape index (κ1) is 13.8. The van der Waals surface area contributed by atoms with Crippen LogP contribution >= 0.6 is 0 Å². The molecule has 0 radical (unpaired) electrons. The third-order valence-corrected chi connectivity index (χ3v) is 5.37.